The lowest BCUT2D eigenvalue weighted by Crippen LogP contribution is -2.39. The topological polar surface area (TPSA) is 71.3 Å². The van der Waals surface area contributed by atoms with Crippen LogP contribution in [0.2, 0.25) is 0 Å². The summed E-state index contributed by atoms with van der Waals surface area (Å²) in [5.41, 5.74) is -0.160. The maximum atomic E-state index is 12.3. The Balaban J connectivity index is 1.91. The minimum absolute atomic E-state index is 0.0468. The predicted molar refractivity (Wildman–Crippen MR) is 89.0 cm³/mol. The van der Waals surface area contributed by atoms with E-state index in [0.717, 1.165) is 13.0 Å². The van der Waals surface area contributed by atoms with Crippen LogP contribution in [0.1, 0.15) is 78.6 Å². The van der Waals surface area contributed by atoms with Gasteiger partial charge in [-0.3, -0.25) is 9.69 Å². The van der Waals surface area contributed by atoms with E-state index in [1.807, 2.05) is 27.7 Å². The Labute approximate surface area is 139 Å². The third kappa shape index (κ3) is 4.53. The highest BCUT2D eigenvalue weighted by Gasteiger charge is 2.29. The first-order chi connectivity index (χ1) is 10.7. The summed E-state index contributed by atoms with van der Waals surface area (Å²) in [6.07, 6.45) is 2.79. The minimum Gasteiger partial charge on any atom is -0.345 e. The average molecular weight is 322 g/mol. The van der Waals surface area contributed by atoms with Crippen molar-refractivity contribution in [2.24, 2.45) is 0 Å². The highest BCUT2D eigenvalue weighted by Crippen LogP contribution is 2.23. The molecule has 2 rings (SSSR count). The Hall–Kier alpha value is -1.43. The average Bonchev–Trinajstić information content (AvgIpc) is 3.05. The van der Waals surface area contributed by atoms with E-state index in [1.165, 1.54) is 6.42 Å². The van der Waals surface area contributed by atoms with Crippen LogP contribution in [0, 0.1) is 0 Å². The van der Waals surface area contributed by atoms with E-state index in [9.17, 15) is 4.79 Å². The molecule has 23 heavy (non-hydrogen) atoms. The first-order valence-corrected chi connectivity index (χ1v) is 8.57. The van der Waals surface area contributed by atoms with Crippen molar-refractivity contribution >= 4 is 5.91 Å². The van der Waals surface area contributed by atoms with Gasteiger partial charge in [0.05, 0.1) is 0 Å². The van der Waals surface area contributed by atoms with Crippen LogP contribution in [0.5, 0.6) is 0 Å². The van der Waals surface area contributed by atoms with Crippen LogP contribution in [0.4, 0.5) is 0 Å². The summed E-state index contributed by atoms with van der Waals surface area (Å²) in [5.74, 6) is 1.18. The molecule has 1 fully saturated rings. The normalized spacial score (nSPS) is 20.9. The number of rotatable bonds is 5. The van der Waals surface area contributed by atoms with E-state index in [1.54, 1.807) is 0 Å². The van der Waals surface area contributed by atoms with Gasteiger partial charge in [0, 0.05) is 23.9 Å². The minimum atomic E-state index is -0.264. The van der Waals surface area contributed by atoms with E-state index in [4.69, 9.17) is 4.52 Å². The van der Waals surface area contributed by atoms with E-state index >= 15 is 0 Å². The van der Waals surface area contributed by atoms with Gasteiger partial charge in [-0.25, -0.2) is 0 Å². The van der Waals surface area contributed by atoms with Crippen molar-refractivity contribution in [3.63, 3.8) is 0 Å². The third-order valence-electron chi connectivity index (χ3n) is 4.37. The molecule has 1 aromatic rings. The fourth-order valence-corrected chi connectivity index (χ4v) is 3.05. The van der Waals surface area contributed by atoms with E-state index < -0.39 is 0 Å². The molecule has 0 spiro atoms. The number of hydrogen-bond donors (Lipinski definition) is 1. The molecule has 130 valence electrons. The number of likely N-dealkylation sites (tertiary alicyclic amines) is 1. The molecule has 1 aliphatic rings. The number of nitrogens with one attached hydrogen (secondary N) is 1. The summed E-state index contributed by atoms with van der Waals surface area (Å²) in [6, 6.07) is 0.563. The second-order valence-electron chi connectivity index (χ2n) is 7.83. The van der Waals surface area contributed by atoms with Crippen molar-refractivity contribution in [3.05, 3.63) is 11.7 Å². The molecule has 0 radical (unpaired) electrons. The molecule has 1 N–H and O–H groups in total. The van der Waals surface area contributed by atoms with Gasteiger partial charge in [-0.2, -0.15) is 4.98 Å². The molecule has 2 atom stereocenters. The number of hydrogen-bond acceptors (Lipinski definition) is 5. The summed E-state index contributed by atoms with van der Waals surface area (Å²) >= 11 is 0. The van der Waals surface area contributed by atoms with Gasteiger partial charge in [0.25, 0.3) is 0 Å². The van der Waals surface area contributed by atoms with Crippen LogP contribution in [0.25, 0.3) is 0 Å². The highest BCUT2D eigenvalue weighted by atomic mass is 16.5. The fraction of sp³-hybridized carbons (Fsp3) is 0.824. The Kier molecular flexibility index (Phi) is 5.45. The summed E-state index contributed by atoms with van der Waals surface area (Å²) in [6.45, 7) is 13.4. The lowest BCUT2D eigenvalue weighted by molar-refractivity contribution is -0.123. The van der Waals surface area contributed by atoms with Gasteiger partial charge in [-0.05, 0) is 40.2 Å². The van der Waals surface area contributed by atoms with Crippen molar-refractivity contribution in [1.29, 1.82) is 0 Å². The number of nitrogens with zero attached hydrogens (tertiary/aromatic N) is 3. The van der Waals surface area contributed by atoms with Crippen LogP contribution < -0.4 is 5.32 Å². The van der Waals surface area contributed by atoms with Crippen LogP contribution in [0.15, 0.2) is 4.52 Å². The zero-order valence-electron chi connectivity index (χ0n) is 15.2. The molecule has 0 aromatic carbocycles. The molecule has 0 unspecified atom stereocenters. The molecule has 0 bridgehead atoms. The SMILES string of the molecule is CC(C)N1CCC[C@@H]1CC(=O)N[C@@H](C)c1nc(C(C)(C)C)no1. The second kappa shape index (κ2) is 6.99. The molecular formula is C17H30N4O2. The largest absolute Gasteiger partial charge is 0.345 e. The molecular weight excluding hydrogens is 292 g/mol. The maximum absolute atomic E-state index is 12.3. The monoisotopic (exact) mass is 322 g/mol. The molecule has 1 aliphatic heterocycles. The van der Waals surface area contributed by atoms with E-state index in [0.29, 0.717) is 30.2 Å². The first kappa shape index (κ1) is 17.9. The maximum Gasteiger partial charge on any atom is 0.248 e. The number of carbonyl (C=O) groups is 1. The van der Waals surface area contributed by atoms with Crippen LogP contribution in [-0.4, -0.2) is 39.6 Å². The van der Waals surface area contributed by atoms with Crippen molar-refractivity contribution < 1.29 is 9.32 Å². The molecule has 2 heterocycles. The van der Waals surface area contributed by atoms with E-state index in [-0.39, 0.29) is 17.4 Å². The third-order valence-corrected chi connectivity index (χ3v) is 4.37. The second-order valence-corrected chi connectivity index (χ2v) is 7.83. The van der Waals surface area contributed by atoms with Gasteiger partial charge >= 0.3 is 0 Å². The van der Waals surface area contributed by atoms with Crippen molar-refractivity contribution in [3.8, 4) is 0 Å². The number of carbonyl (C=O) groups excluding carboxylic acids is 1. The van der Waals surface area contributed by atoms with Gasteiger partial charge in [-0.1, -0.05) is 25.9 Å². The standard InChI is InChI=1S/C17H30N4O2/c1-11(2)21-9-7-8-13(21)10-14(22)18-12(3)15-19-16(20-23-15)17(4,5)6/h11-13H,7-10H2,1-6H3,(H,18,22)/t12-,13+/m0/s1. The summed E-state index contributed by atoms with van der Waals surface area (Å²) in [4.78, 5) is 19.1. The van der Waals surface area contributed by atoms with Gasteiger partial charge in [0.15, 0.2) is 5.82 Å². The Morgan fingerprint density at radius 3 is 2.65 bits per heavy atom. The number of aromatic nitrogens is 2. The fourth-order valence-electron chi connectivity index (χ4n) is 3.05. The highest BCUT2D eigenvalue weighted by molar-refractivity contribution is 5.77. The quantitative estimate of drug-likeness (QED) is 0.902. The molecule has 6 nitrogen and oxygen atoms in total. The molecule has 0 aliphatic carbocycles. The smallest absolute Gasteiger partial charge is 0.248 e. The van der Waals surface area contributed by atoms with Crippen LogP contribution >= 0.6 is 0 Å². The van der Waals surface area contributed by atoms with Gasteiger partial charge in [-0.15, -0.1) is 0 Å². The van der Waals surface area contributed by atoms with Crippen molar-refractivity contribution in [2.75, 3.05) is 6.54 Å². The van der Waals surface area contributed by atoms with Crippen LogP contribution in [0.3, 0.4) is 0 Å². The molecule has 1 amide bonds. The Bertz CT molecular complexity index is 533. The van der Waals surface area contributed by atoms with Gasteiger partial charge in [0.1, 0.15) is 6.04 Å². The molecule has 6 heteroatoms. The summed E-state index contributed by atoms with van der Waals surface area (Å²) in [5, 5.41) is 6.99. The predicted octanol–water partition coefficient (Wildman–Crippen LogP) is 2.81. The number of amides is 1. The summed E-state index contributed by atoms with van der Waals surface area (Å²) < 4.78 is 5.30. The lowest BCUT2D eigenvalue weighted by Gasteiger charge is -2.28. The van der Waals surface area contributed by atoms with Gasteiger partial charge in [0.2, 0.25) is 11.8 Å². The van der Waals surface area contributed by atoms with E-state index in [2.05, 4.69) is 34.2 Å². The Morgan fingerprint density at radius 2 is 2.09 bits per heavy atom. The molecule has 1 aromatic heterocycles. The summed E-state index contributed by atoms with van der Waals surface area (Å²) in [7, 11) is 0. The van der Waals surface area contributed by atoms with Crippen LogP contribution in [-0.2, 0) is 10.2 Å². The zero-order chi connectivity index (χ0) is 17.2. The zero-order valence-corrected chi connectivity index (χ0v) is 15.2. The Morgan fingerprint density at radius 1 is 1.39 bits per heavy atom. The van der Waals surface area contributed by atoms with Crippen molar-refractivity contribution in [2.45, 2.75) is 84.3 Å². The van der Waals surface area contributed by atoms with Crippen molar-refractivity contribution in [1.82, 2.24) is 20.4 Å². The van der Waals surface area contributed by atoms with Gasteiger partial charge < -0.3 is 9.84 Å². The molecule has 0 saturated carbocycles. The first-order valence-electron chi connectivity index (χ1n) is 8.57. The molecule has 1 saturated heterocycles. The lowest BCUT2D eigenvalue weighted by atomic mass is 9.96.